The molecule has 1 aliphatic carbocycles. The van der Waals surface area contributed by atoms with Crippen molar-refractivity contribution in [2.24, 2.45) is 0 Å². The van der Waals surface area contributed by atoms with Crippen molar-refractivity contribution in [3.63, 3.8) is 0 Å². The van der Waals surface area contributed by atoms with E-state index in [1.165, 1.54) is 30.1 Å². The molecule has 0 spiro atoms. The number of nitrogens with one attached hydrogen (secondary N) is 2. The molecule has 234 valence electrons. The van der Waals surface area contributed by atoms with Gasteiger partial charge in [-0.2, -0.15) is 18.3 Å². The monoisotopic (exact) mass is 616 g/mol. The zero-order chi connectivity index (χ0) is 31.2. The van der Waals surface area contributed by atoms with E-state index in [2.05, 4.69) is 31.0 Å². The van der Waals surface area contributed by atoms with E-state index in [0.29, 0.717) is 11.3 Å². The Balaban J connectivity index is 1.45. The number of hydrogen-bond acceptors (Lipinski definition) is 9. The second-order valence-corrected chi connectivity index (χ2v) is 11.0. The molecule has 43 heavy (non-hydrogen) atoms. The third kappa shape index (κ3) is 6.53. The fourth-order valence-electron chi connectivity index (χ4n) is 4.50. The Kier molecular flexibility index (Phi) is 8.02. The summed E-state index contributed by atoms with van der Waals surface area (Å²) in [6.45, 7) is -0.705. The highest BCUT2D eigenvalue weighted by Gasteiger charge is 2.49. The van der Waals surface area contributed by atoms with Gasteiger partial charge in [0.25, 0.3) is 11.8 Å². The number of halogens is 5. The summed E-state index contributed by atoms with van der Waals surface area (Å²) < 4.78 is 85.3. The Morgan fingerprint density at radius 2 is 2.00 bits per heavy atom. The van der Waals surface area contributed by atoms with E-state index in [-0.39, 0.29) is 29.6 Å². The molecule has 0 bridgehead atoms. The van der Waals surface area contributed by atoms with Gasteiger partial charge in [-0.1, -0.05) is 5.16 Å². The van der Waals surface area contributed by atoms with Crippen molar-refractivity contribution < 1.29 is 45.6 Å². The molecule has 5 rings (SSSR count). The lowest BCUT2D eigenvalue weighted by molar-refractivity contribution is -0.265. The number of carbonyl (C=O) groups excluding carboxylic acids is 2. The minimum Gasteiger partial charge on any atom is -0.382 e. The van der Waals surface area contributed by atoms with Gasteiger partial charge in [-0.15, -0.1) is 0 Å². The molecule has 1 aliphatic heterocycles. The molecule has 2 unspecified atom stereocenters. The quantitative estimate of drug-likeness (QED) is 0.310. The summed E-state index contributed by atoms with van der Waals surface area (Å²) in [5, 5.41) is 16.5. The predicted octanol–water partition coefficient (Wildman–Crippen LogP) is 3.17. The Morgan fingerprint density at radius 1 is 1.26 bits per heavy atom. The molecule has 0 aromatic carbocycles. The summed E-state index contributed by atoms with van der Waals surface area (Å²) in [4.78, 5) is 31.0. The van der Waals surface area contributed by atoms with Crippen molar-refractivity contribution in [3.05, 3.63) is 41.1 Å². The van der Waals surface area contributed by atoms with Crippen LogP contribution in [-0.2, 0) is 9.47 Å². The number of urea groups is 1. The number of nitrogens with zero attached hydrogens (tertiary/aromatic N) is 6. The number of hydrogen-bond donors (Lipinski definition) is 2. The molecular formula is C25H29F5N8O5. The number of rotatable bonds is 11. The molecule has 3 aromatic heterocycles. The minimum atomic E-state index is -4.71. The van der Waals surface area contributed by atoms with Gasteiger partial charge in [-0.3, -0.25) is 4.79 Å². The zero-order valence-electron chi connectivity index (χ0n) is 23.3. The highest BCUT2D eigenvalue weighted by atomic mass is 19.4. The van der Waals surface area contributed by atoms with Gasteiger partial charge < -0.3 is 25.0 Å². The van der Waals surface area contributed by atoms with Gasteiger partial charge in [-0.25, -0.2) is 27.7 Å². The van der Waals surface area contributed by atoms with Crippen molar-refractivity contribution in [2.75, 3.05) is 33.4 Å². The first-order valence-electron chi connectivity index (χ1n) is 13.3. The molecule has 2 atom stereocenters. The van der Waals surface area contributed by atoms with Crippen LogP contribution < -0.4 is 10.6 Å². The van der Waals surface area contributed by atoms with Crippen LogP contribution in [0.15, 0.2) is 23.1 Å². The van der Waals surface area contributed by atoms with Gasteiger partial charge in [0.2, 0.25) is 0 Å². The molecule has 18 heteroatoms. The maximum atomic E-state index is 14.1. The van der Waals surface area contributed by atoms with Gasteiger partial charge in [0.05, 0.1) is 56.5 Å². The maximum absolute atomic E-state index is 14.1. The van der Waals surface area contributed by atoms with Crippen molar-refractivity contribution in [1.29, 1.82) is 0 Å². The predicted molar refractivity (Wildman–Crippen MR) is 135 cm³/mol. The fraction of sp³-hybridized carbons (Fsp3) is 0.600. The van der Waals surface area contributed by atoms with Gasteiger partial charge in [0.1, 0.15) is 5.69 Å². The van der Waals surface area contributed by atoms with E-state index >= 15 is 0 Å². The van der Waals surface area contributed by atoms with Gasteiger partial charge >= 0.3 is 12.2 Å². The Hall–Kier alpha value is -3.93. The third-order valence-corrected chi connectivity index (χ3v) is 7.26. The number of imidazole rings is 1. The molecule has 2 fully saturated rings. The lowest BCUT2D eigenvalue weighted by atomic mass is 10.1. The second kappa shape index (κ2) is 11.3. The fourth-order valence-corrected chi connectivity index (χ4v) is 4.50. The van der Waals surface area contributed by atoms with E-state index in [4.69, 9.17) is 14.1 Å². The summed E-state index contributed by atoms with van der Waals surface area (Å²) in [7, 11) is 1.35. The number of fused-ring (bicyclic) bond motifs is 1. The van der Waals surface area contributed by atoms with Gasteiger partial charge in [0, 0.05) is 18.6 Å². The molecule has 0 radical (unpaired) electrons. The Morgan fingerprint density at radius 3 is 2.67 bits per heavy atom. The molecule has 2 N–H and O–H groups in total. The number of methoxy groups -OCH3 is 1. The lowest BCUT2D eigenvalue weighted by Gasteiger charge is -2.38. The largest absolute Gasteiger partial charge is 0.416 e. The number of alkyl halides is 5. The zero-order valence-corrected chi connectivity index (χ0v) is 23.3. The molecule has 3 aromatic rings. The molecule has 4 heterocycles. The van der Waals surface area contributed by atoms with Gasteiger partial charge in [-0.05, 0) is 37.9 Å². The van der Waals surface area contributed by atoms with Crippen LogP contribution in [0, 0.1) is 0 Å². The number of carbonyl (C=O) groups is 2. The van der Waals surface area contributed by atoms with Gasteiger partial charge in [0.15, 0.2) is 16.9 Å². The topological polar surface area (TPSA) is 149 Å². The third-order valence-electron chi connectivity index (χ3n) is 7.26. The Bertz CT molecular complexity index is 1490. The van der Waals surface area contributed by atoms with Crippen LogP contribution in [0.2, 0.25) is 0 Å². The van der Waals surface area contributed by atoms with Crippen molar-refractivity contribution >= 4 is 17.6 Å². The summed E-state index contributed by atoms with van der Waals surface area (Å²) in [5.41, 5.74) is -1.73. The molecule has 3 amide bonds. The molecule has 1 saturated heterocycles. The van der Waals surface area contributed by atoms with E-state index in [1.807, 2.05) is 0 Å². The normalized spacial score (nSPS) is 18.9. The first-order valence-corrected chi connectivity index (χ1v) is 13.3. The smallest absolute Gasteiger partial charge is 0.382 e. The van der Waals surface area contributed by atoms with Crippen LogP contribution >= 0.6 is 0 Å². The summed E-state index contributed by atoms with van der Waals surface area (Å²) in [5.74, 6) is -3.91. The molecular weight excluding hydrogens is 587 g/mol. The maximum Gasteiger partial charge on any atom is 0.416 e. The summed E-state index contributed by atoms with van der Waals surface area (Å²) in [6.07, 6.45) is -0.407. The van der Waals surface area contributed by atoms with Crippen LogP contribution in [0.3, 0.4) is 0 Å². The Labute approximate surface area is 241 Å². The summed E-state index contributed by atoms with van der Waals surface area (Å²) >= 11 is 0. The standard InChI is InChI=1S/C25H29F5N8O5/c1-23(2,25(28,29)30)42-9-16(34-21(39)20-19(13-4-5-13)35-43-36-20)15-8-38-18(33-15)6-14(7-32-38)17(10-41-3)37-12-24(26,27)11-31-22(37)40/h6-8,13,16-17H,4-5,9-12H2,1-3H3,(H,31,40)(H,34,39). The SMILES string of the molecule is COCC(c1cnn2cc(C(COC(C)(C)C(F)(F)F)NC(=O)c3nonc3C3CC3)nc2c1)N1CC(F)(F)CNC1=O. The summed E-state index contributed by atoms with van der Waals surface area (Å²) in [6, 6.07) is -1.39. The molecule has 1 saturated carbocycles. The van der Waals surface area contributed by atoms with Crippen molar-refractivity contribution in [3.8, 4) is 0 Å². The van der Waals surface area contributed by atoms with Crippen molar-refractivity contribution in [2.45, 2.75) is 62.4 Å². The van der Waals surface area contributed by atoms with E-state index in [1.54, 1.807) is 0 Å². The van der Waals surface area contributed by atoms with Crippen LogP contribution in [0.4, 0.5) is 26.7 Å². The van der Waals surface area contributed by atoms with E-state index in [0.717, 1.165) is 31.6 Å². The van der Waals surface area contributed by atoms with E-state index < -0.39 is 61.4 Å². The highest BCUT2D eigenvalue weighted by Crippen LogP contribution is 2.40. The average molecular weight is 617 g/mol. The van der Waals surface area contributed by atoms with Crippen LogP contribution in [-0.4, -0.2) is 92.9 Å². The molecule has 2 aliphatic rings. The number of aromatic nitrogens is 5. The lowest BCUT2D eigenvalue weighted by Crippen LogP contribution is -2.58. The number of amides is 3. The van der Waals surface area contributed by atoms with Crippen LogP contribution in [0.5, 0.6) is 0 Å². The first-order chi connectivity index (χ1) is 20.2. The van der Waals surface area contributed by atoms with Crippen LogP contribution in [0.25, 0.3) is 5.65 Å². The van der Waals surface area contributed by atoms with E-state index in [9.17, 15) is 31.5 Å². The van der Waals surface area contributed by atoms with Crippen LogP contribution in [0.1, 0.15) is 72.1 Å². The average Bonchev–Trinajstić information content (AvgIpc) is 3.49. The number of ether oxygens (including phenoxy) is 2. The van der Waals surface area contributed by atoms with Crippen molar-refractivity contribution in [1.82, 2.24) is 40.4 Å². The minimum absolute atomic E-state index is 0.00524. The molecule has 13 nitrogen and oxygen atoms in total. The highest BCUT2D eigenvalue weighted by molar-refractivity contribution is 5.93. The first kappa shape index (κ1) is 30.5. The second-order valence-electron chi connectivity index (χ2n) is 11.0.